The number of aromatic amines is 1. The largest absolute Gasteiger partial charge is 0.493 e. The Morgan fingerprint density at radius 2 is 1.82 bits per heavy atom. The van der Waals surface area contributed by atoms with E-state index in [2.05, 4.69) is 18.0 Å². The van der Waals surface area contributed by atoms with E-state index >= 15 is 0 Å². The van der Waals surface area contributed by atoms with Crippen LogP contribution < -0.4 is 9.47 Å². The summed E-state index contributed by atoms with van der Waals surface area (Å²) in [6.45, 7) is 5.15. The third-order valence-electron chi connectivity index (χ3n) is 8.19. The number of hydrogen-bond acceptors (Lipinski definition) is 4. The molecule has 3 heterocycles. The molecule has 8 heteroatoms. The summed E-state index contributed by atoms with van der Waals surface area (Å²) in [5, 5.41) is 1.61. The number of para-hydroxylation sites is 1. The van der Waals surface area contributed by atoms with E-state index in [4.69, 9.17) is 21.1 Å². The van der Waals surface area contributed by atoms with Crippen molar-refractivity contribution >= 4 is 34.3 Å². The maximum atomic E-state index is 14.3. The molecule has 0 radical (unpaired) electrons. The fourth-order valence-corrected chi connectivity index (χ4v) is 6.36. The second kappa shape index (κ2) is 10.2. The number of methoxy groups -OCH3 is 1. The summed E-state index contributed by atoms with van der Waals surface area (Å²) in [6, 6.07) is 21.4. The van der Waals surface area contributed by atoms with Crippen LogP contribution in [0.1, 0.15) is 48.6 Å². The molecule has 206 valence electrons. The number of fused-ring (bicyclic) bond motifs is 5. The van der Waals surface area contributed by atoms with Crippen molar-refractivity contribution < 1.29 is 19.1 Å². The van der Waals surface area contributed by atoms with Gasteiger partial charge in [-0.15, -0.1) is 0 Å². The first kappa shape index (κ1) is 26.3. The molecule has 2 amide bonds. The number of aromatic nitrogens is 1. The highest BCUT2D eigenvalue weighted by Crippen LogP contribution is 2.49. The molecular formula is C32H32ClN3O4. The second-order valence-electron chi connectivity index (χ2n) is 10.6. The van der Waals surface area contributed by atoms with E-state index in [0.29, 0.717) is 29.7 Å². The van der Waals surface area contributed by atoms with Gasteiger partial charge in [0.05, 0.1) is 19.4 Å². The highest BCUT2D eigenvalue weighted by atomic mass is 35.5. The number of H-pyrrole nitrogens is 1. The Kier molecular flexibility index (Phi) is 6.70. The van der Waals surface area contributed by atoms with E-state index in [1.807, 2.05) is 61.5 Å². The molecule has 7 nitrogen and oxygen atoms in total. The molecule has 1 N–H and O–H groups in total. The quantitative estimate of drug-likeness (QED) is 0.309. The number of rotatable bonds is 7. The maximum Gasteiger partial charge on any atom is 0.255 e. The summed E-state index contributed by atoms with van der Waals surface area (Å²) in [6.07, 6.45) is 0.892. The Hall–Kier alpha value is -3.97. The first-order valence-corrected chi connectivity index (χ1v) is 14.0. The third kappa shape index (κ3) is 4.11. The standard InChI is InChI=1S/C32H32ClN3O4/c1-4-15-40-26-14-13-20(16-27(26)39-3)23-18-36-28(37)19-35(17-21-9-5-7-11-24(21)33)31(38)32(36,2)30-29(23)22-10-6-8-12-25(22)34-30/h5-14,16,23,34H,4,15,17-19H2,1-3H3/t23?,32-/m0/s1. The molecule has 1 fully saturated rings. The van der Waals surface area contributed by atoms with Gasteiger partial charge in [0.1, 0.15) is 6.54 Å². The van der Waals surface area contributed by atoms with Crippen LogP contribution in [-0.2, 0) is 21.7 Å². The highest BCUT2D eigenvalue weighted by Gasteiger charge is 2.56. The van der Waals surface area contributed by atoms with Crippen molar-refractivity contribution in [2.45, 2.75) is 38.3 Å². The molecule has 0 saturated carbocycles. The Morgan fingerprint density at radius 1 is 1.05 bits per heavy atom. The Labute approximate surface area is 238 Å². The van der Waals surface area contributed by atoms with Gasteiger partial charge in [0, 0.05) is 34.9 Å². The zero-order valence-corrected chi connectivity index (χ0v) is 23.6. The number of carbonyl (C=O) groups is 2. The second-order valence-corrected chi connectivity index (χ2v) is 11.0. The molecule has 2 aliphatic heterocycles. The van der Waals surface area contributed by atoms with Crippen LogP contribution in [0.5, 0.6) is 11.5 Å². The van der Waals surface area contributed by atoms with E-state index in [9.17, 15) is 9.59 Å². The molecule has 0 aliphatic carbocycles. The molecule has 1 saturated heterocycles. The molecule has 1 aromatic heterocycles. The first-order valence-electron chi connectivity index (χ1n) is 13.6. The lowest BCUT2D eigenvalue weighted by molar-refractivity contribution is -0.166. The maximum absolute atomic E-state index is 14.3. The smallest absolute Gasteiger partial charge is 0.255 e. The van der Waals surface area contributed by atoms with Gasteiger partial charge >= 0.3 is 0 Å². The molecular weight excluding hydrogens is 526 g/mol. The van der Waals surface area contributed by atoms with Crippen molar-refractivity contribution in [2.75, 3.05) is 26.8 Å². The number of halogens is 1. The Balaban J connectivity index is 1.47. The lowest BCUT2D eigenvalue weighted by Gasteiger charge is -2.51. The van der Waals surface area contributed by atoms with E-state index in [1.54, 1.807) is 23.0 Å². The van der Waals surface area contributed by atoms with Gasteiger partial charge in [0.15, 0.2) is 17.0 Å². The van der Waals surface area contributed by atoms with Crippen LogP contribution in [0, 0.1) is 0 Å². The van der Waals surface area contributed by atoms with Gasteiger partial charge in [0.25, 0.3) is 5.91 Å². The van der Waals surface area contributed by atoms with Crippen molar-refractivity contribution in [1.29, 1.82) is 0 Å². The van der Waals surface area contributed by atoms with Crippen LogP contribution in [0.2, 0.25) is 5.02 Å². The van der Waals surface area contributed by atoms with Crippen LogP contribution in [-0.4, -0.2) is 53.4 Å². The van der Waals surface area contributed by atoms with Crippen LogP contribution >= 0.6 is 11.6 Å². The topological polar surface area (TPSA) is 74.9 Å². The normalized spacial score (nSPS) is 20.4. The minimum absolute atomic E-state index is 0.00492. The zero-order valence-electron chi connectivity index (χ0n) is 22.9. The number of benzene rings is 3. The van der Waals surface area contributed by atoms with Crippen molar-refractivity contribution in [3.63, 3.8) is 0 Å². The van der Waals surface area contributed by atoms with Crippen molar-refractivity contribution in [1.82, 2.24) is 14.8 Å². The zero-order chi connectivity index (χ0) is 28.0. The summed E-state index contributed by atoms with van der Waals surface area (Å²) in [4.78, 5) is 35.0. The van der Waals surface area contributed by atoms with Crippen molar-refractivity contribution in [3.05, 3.63) is 94.1 Å². The fourth-order valence-electron chi connectivity index (χ4n) is 6.17. The average molecular weight is 558 g/mol. The molecule has 2 atom stereocenters. The van der Waals surface area contributed by atoms with Crippen LogP contribution in [0.4, 0.5) is 0 Å². The molecule has 1 unspecified atom stereocenters. The molecule has 4 aromatic rings. The van der Waals surface area contributed by atoms with Crippen molar-refractivity contribution in [3.8, 4) is 11.5 Å². The number of piperazine rings is 1. The number of amides is 2. The highest BCUT2D eigenvalue weighted by molar-refractivity contribution is 6.31. The summed E-state index contributed by atoms with van der Waals surface area (Å²) in [7, 11) is 1.63. The number of carbonyl (C=O) groups excluding carboxylic acids is 2. The molecule has 0 bridgehead atoms. The molecule has 40 heavy (non-hydrogen) atoms. The van der Waals surface area contributed by atoms with E-state index in [-0.39, 0.29) is 30.8 Å². The number of nitrogens with zero attached hydrogens (tertiary/aromatic N) is 2. The average Bonchev–Trinajstić information content (AvgIpc) is 3.37. The predicted octanol–water partition coefficient (Wildman–Crippen LogP) is 5.85. The number of nitrogens with one attached hydrogen (secondary N) is 1. The lowest BCUT2D eigenvalue weighted by atomic mass is 9.76. The van der Waals surface area contributed by atoms with Gasteiger partial charge in [-0.25, -0.2) is 0 Å². The minimum atomic E-state index is -1.18. The first-order chi connectivity index (χ1) is 19.4. The predicted molar refractivity (Wildman–Crippen MR) is 155 cm³/mol. The van der Waals surface area contributed by atoms with Crippen LogP contribution in [0.25, 0.3) is 10.9 Å². The summed E-state index contributed by atoms with van der Waals surface area (Å²) in [5.74, 6) is 0.942. The van der Waals surface area contributed by atoms with Gasteiger partial charge in [-0.3, -0.25) is 9.59 Å². The summed E-state index contributed by atoms with van der Waals surface area (Å²) >= 11 is 6.43. The summed E-state index contributed by atoms with van der Waals surface area (Å²) in [5.41, 5.74) is 3.32. The number of ether oxygens (including phenoxy) is 2. The lowest BCUT2D eigenvalue weighted by Crippen LogP contribution is -2.67. The van der Waals surface area contributed by atoms with E-state index in [1.165, 1.54) is 0 Å². The van der Waals surface area contributed by atoms with Gasteiger partial charge in [-0.1, -0.05) is 61.0 Å². The van der Waals surface area contributed by atoms with Crippen LogP contribution in [0.3, 0.4) is 0 Å². The minimum Gasteiger partial charge on any atom is -0.493 e. The van der Waals surface area contributed by atoms with Gasteiger partial charge in [-0.05, 0) is 54.3 Å². The fraction of sp³-hybridized carbons (Fsp3) is 0.312. The summed E-state index contributed by atoms with van der Waals surface area (Å²) < 4.78 is 11.6. The monoisotopic (exact) mass is 557 g/mol. The van der Waals surface area contributed by atoms with Crippen molar-refractivity contribution in [2.24, 2.45) is 0 Å². The third-order valence-corrected chi connectivity index (χ3v) is 8.56. The van der Waals surface area contributed by atoms with Gasteiger partial charge in [0.2, 0.25) is 5.91 Å². The molecule has 3 aromatic carbocycles. The molecule has 6 rings (SSSR count). The molecule has 2 aliphatic rings. The van der Waals surface area contributed by atoms with E-state index in [0.717, 1.165) is 39.7 Å². The van der Waals surface area contributed by atoms with Gasteiger partial charge in [-0.2, -0.15) is 0 Å². The van der Waals surface area contributed by atoms with Crippen LogP contribution in [0.15, 0.2) is 66.7 Å². The van der Waals surface area contributed by atoms with Gasteiger partial charge < -0.3 is 24.3 Å². The molecule has 0 spiro atoms. The Morgan fingerprint density at radius 3 is 2.60 bits per heavy atom. The van der Waals surface area contributed by atoms with E-state index < -0.39 is 5.54 Å². The Bertz CT molecular complexity index is 1620. The number of hydrogen-bond donors (Lipinski definition) is 1. The SMILES string of the molecule is CCCOc1ccc(C2CN3C(=O)CN(Cc4ccccc4Cl)C(=O)[C@]3(C)c3[nH]c4ccccc4c32)cc1OC.